The van der Waals surface area contributed by atoms with Gasteiger partial charge in [-0.1, -0.05) is 29.4 Å². The van der Waals surface area contributed by atoms with Crippen LogP contribution in [0, 0.1) is 6.92 Å². The van der Waals surface area contributed by atoms with Gasteiger partial charge < -0.3 is 5.32 Å². The van der Waals surface area contributed by atoms with E-state index in [0.29, 0.717) is 34.4 Å². The number of nitrogens with zero attached hydrogens (tertiary/aromatic N) is 4. The predicted octanol–water partition coefficient (Wildman–Crippen LogP) is 5.15. The molecule has 1 amide bonds. The molecule has 9 heteroatoms. The number of anilines is 1. The van der Waals surface area contributed by atoms with Gasteiger partial charge in [0.25, 0.3) is 0 Å². The third kappa shape index (κ3) is 4.34. The number of aromatic nitrogens is 4. The quantitative estimate of drug-likeness (QED) is 0.297. The SMILES string of the molecule is Cc1c(Cl)cccc1-n1c(SCC(=O)c2ccc3c(c2)CCC(=O)N3)nnc1-c1ccncc1. The number of amides is 1. The fourth-order valence-corrected chi connectivity index (χ4v) is 4.89. The average Bonchev–Trinajstić information content (AvgIpc) is 3.28. The molecular formula is C25H20ClN5O2S. The van der Waals surface area contributed by atoms with Gasteiger partial charge in [0.2, 0.25) is 5.91 Å². The van der Waals surface area contributed by atoms with E-state index in [4.69, 9.17) is 11.6 Å². The molecule has 0 radical (unpaired) electrons. The maximum absolute atomic E-state index is 13.0. The molecule has 3 heterocycles. The van der Waals surface area contributed by atoms with Gasteiger partial charge in [-0.15, -0.1) is 10.2 Å². The lowest BCUT2D eigenvalue weighted by Crippen LogP contribution is -2.19. The maximum atomic E-state index is 13.0. The standard InChI is InChI=1S/C25H20ClN5O2S/c1-15-19(26)3-2-4-21(15)31-24(16-9-11-27-12-10-16)29-30-25(31)34-14-22(32)18-5-7-20-17(13-18)6-8-23(33)28-20/h2-5,7,9-13H,6,8,14H2,1H3,(H,28,33). The van der Waals surface area contributed by atoms with E-state index < -0.39 is 0 Å². The second-order valence-electron chi connectivity index (χ2n) is 7.89. The van der Waals surface area contributed by atoms with Crippen molar-refractivity contribution in [2.75, 3.05) is 11.1 Å². The summed E-state index contributed by atoms with van der Waals surface area (Å²) in [7, 11) is 0. The van der Waals surface area contributed by atoms with Crippen molar-refractivity contribution in [3.05, 3.63) is 82.6 Å². The molecule has 0 aliphatic carbocycles. The number of nitrogens with one attached hydrogen (secondary N) is 1. The molecule has 2 aromatic carbocycles. The minimum absolute atomic E-state index is 0.00257. The molecule has 2 aromatic heterocycles. The second kappa shape index (κ2) is 9.40. The smallest absolute Gasteiger partial charge is 0.224 e. The van der Waals surface area contributed by atoms with Crippen LogP contribution in [0.4, 0.5) is 5.69 Å². The maximum Gasteiger partial charge on any atom is 0.224 e. The highest BCUT2D eigenvalue weighted by Crippen LogP contribution is 2.32. The fraction of sp³-hybridized carbons (Fsp3) is 0.160. The Bertz CT molecular complexity index is 1400. The number of Topliss-reactive ketones (excluding diaryl/α,β-unsaturated/α-hetero) is 1. The summed E-state index contributed by atoms with van der Waals surface area (Å²) < 4.78 is 1.93. The average molecular weight is 490 g/mol. The number of ketones is 1. The first-order chi connectivity index (χ1) is 16.5. The van der Waals surface area contributed by atoms with Crippen molar-refractivity contribution in [1.29, 1.82) is 0 Å². The number of aryl methyl sites for hydroxylation is 1. The highest BCUT2D eigenvalue weighted by Gasteiger charge is 2.21. The van der Waals surface area contributed by atoms with Gasteiger partial charge in [-0.3, -0.25) is 19.1 Å². The van der Waals surface area contributed by atoms with Crippen molar-refractivity contribution in [2.24, 2.45) is 0 Å². The van der Waals surface area contributed by atoms with E-state index in [1.54, 1.807) is 24.5 Å². The molecule has 7 nitrogen and oxygen atoms in total. The van der Waals surface area contributed by atoms with Gasteiger partial charge in [0.1, 0.15) is 0 Å². The Labute approximate surface area is 205 Å². The van der Waals surface area contributed by atoms with Crippen LogP contribution < -0.4 is 5.32 Å². The number of fused-ring (bicyclic) bond motifs is 1. The summed E-state index contributed by atoms with van der Waals surface area (Å²) in [4.78, 5) is 28.7. The molecule has 0 atom stereocenters. The lowest BCUT2D eigenvalue weighted by Gasteiger charge is -2.17. The van der Waals surface area contributed by atoms with Crippen molar-refractivity contribution in [3.63, 3.8) is 0 Å². The Morgan fingerprint density at radius 1 is 1.12 bits per heavy atom. The molecular weight excluding hydrogens is 470 g/mol. The summed E-state index contributed by atoms with van der Waals surface area (Å²) >= 11 is 7.73. The second-order valence-corrected chi connectivity index (χ2v) is 9.24. The van der Waals surface area contributed by atoms with Crippen LogP contribution in [-0.4, -0.2) is 37.2 Å². The van der Waals surface area contributed by atoms with E-state index in [9.17, 15) is 9.59 Å². The molecule has 5 rings (SSSR count). The van der Waals surface area contributed by atoms with Gasteiger partial charge in [-0.05, 0) is 66.9 Å². The molecule has 0 saturated carbocycles. The molecule has 0 unspecified atom stereocenters. The number of hydrogen-bond donors (Lipinski definition) is 1. The minimum Gasteiger partial charge on any atom is -0.326 e. The van der Waals surface area contributed by atoms with Crippen LogP contribution in [0.2, 0.25) is 5.02 Å². The molecule has 1 aliphatic rings. The van der Waals surface area contributed by atoms with Crippen LogP contribution in [0.25, 0.3) is 17.1 Å². The van der Waals surface area contributed by atoms with Gasteiger partial charge in [-0.25, -0.2) is 0 Å². The van der Waals surface area contributed by atoms with Crippen LogP contribution in [0.15, 0.2) is 66.1 Å². The predicted molar refractivity (Wildman–Crippen MR) is 133 cm³/mol. The van der Waals surface area contributed by atoms with Gasteiger partial charge in [0, 0.05) is 40.7 Å². The molecule has 4 aromatic rings. The van der Waals surface area contributed by atoms with Crippen LogP contribution in [0.5, 0.6) is 0 Å². The molecule has 170 valence electrons. The highest BCUT2D eigenvalue weighted by atomic mass is 35.5. The topological polar surface area (TPSA) is 89.8 Å². The summed E-state index contributed by atoms with van der Waals surface area (Å²) in [6.45, 7) is 1.94. The van der Waals surface area contributed by atoms with Crippen molar-refractivity contribution in [2.45, 2.75) is 24.9 Å². The zero-order chi connectivity index (χ0) is 23.7. The number of carbonyl (C=O) groups is 2. The molecule has 0 fully saturated rings. The van der Waals surface area contributed by atoms with Crippen molar-refractivity contribution in [1.82, 2.24) is 19.7 Å². The first-order valence-corrected chi connectivity index (χ1v) is 12.1. The van der Waals surface area contributed by atoms with Gasteiger partial charge in [-0.2, -0.15) is 0 Å². The van der Waals surface area contributed by atoms with E-state index in [1.807, 2.05) is 47.9 Å². The third-order valence-corrected chi connectivity index (χ3v) is 7.05. The van der Waals surface area contributed by atoms with E-state index in [2.05, 4.69) is 20.5 Å². The van der Waals surface area contributed by atoms with Crippen molar-refractivity contribution < 1.29 is 9.59 Å². The van der Waals surface area contributed by atoms with E-state index in [-0.39, 0.29) is 17.4 Å². The number of pyridine rings is 1. The van der Waals surface area contributed by atoms with E-state index >= 15 is 0 Å². The number of hydrogen-bond acceptors (Lipinski definition) is 6. The number of thioether (sulfide) groups is 1. The van der Waals surface area contributed by atoms with Crippen LogP contribution in [0.3, 0.4) is 0 Å². The summed E-state index contributed by atoms with van der Waals surface area (Å²) in [6, 6.07) is 14.8. The molecule has 34 heavy (non-hydrogen) atoms. The molecule has 0 bridgehead atoms. The minimum atomic E-state index is -0.0208. The number of benzene rings is 2. The van der Waals surface area contributed by atoms with Gasteiger partial charge in [0.05, 0.1) is 11.4 Å². The number of carbonyl (C=O) groups excluding carboxylic acids is 2. The molecule has 0 spiro atoms. The number of rotatable bonds is 6. The van der Waals surface area contributed by atoms with Crippen LogP contribution >= 0.6 is 23.4 Å². The lowest BCUT2D eigenvalue weighted by atomic mass is 9.99. The van der Waals surface area contributed by atoms with Crippen LogP contribution in [0.1, 0.15) is 27.9 Å². The summed E-state index contributed by atoms with van der Waals surface area (Å²) in [5, 5.41) is 12.9. The Morgan fingerprint density at radius 3 is 2.76 bits per heavy atom. The first-order valence-electron chi connectivity index (χ1n) is 10.7. The fourth-order valence-electron chi connectivity index (χ4n) is 3.88. The summed E-state index contributed by atoms with van der Waals surface area (Å²) in [5.41, 5.74) is 4.97. The first kappa shape index (κ1) is 22.3. The van der Waals surface area contributed by atoms with E-state index in [0.717, 1.165) is 28.1 Å². The Kier molecular flexibility index (Phi) is 6.17. The van der Waals surface area contributed by atoms with Crippen LogP contribution in [-0.2, 0) is 11.2 Å². The normalized spacial score (nSPS) is 12.8. The lowest BCUT2D eigenvalue weighted by molar-refractivity contribution is -0.116. The zero-order valence-electron chi connectivity index (χ0n) is 18.3. The van der Waals surface area contributed by atoms with E-state index in [1.165, 1.54) is 11.8 Å². The van der Waals surface area contributed by atoms with Crippen molar-refractivity contribution >= 4 is 40.7 Å². The largest absolute Gasteiger partial charge is 0.326 e. The van der Waals surface area contributed by atoms with Gasteiger partial charge >= 0.3 is 0 Å². The Balaban J connectivity index is 1.45. The monoisotopic (exact) mass is 489 g/mol. The summed E-state index contributed by atoms with van der Waals surface area (Å²) in [6.07, 6.45) is 4.47. The Hall–Kier alpha value is -3.49. The van der Waals surface area contributed by atoms with Crippen molar-refractivity contribution in [3.8, 4) is 17.1 Å². The zero-order valence-corrected chi connectivity index (χ0v) is 19.9. The molecule has 1 N–H and O–H groups in total. The van der Waals surface area contributed by atoms with Gasteiger partial charge in [0.15, 0.2) is 16.8 Å². The third-order valence-electron chi connectivity index (χ3n) is 5.71. The number of halogens is 1. The Morgan fingerprint density at radius 2 is 1.94 bits per heavy atom. The summed E-state index contributed by atoms with van der Waals surface area (Å²) in [5.74, 6) is 0.821. The molecule has 0 saturated heterocycles. The molecule has 1 aliphatic heterocycles. The highest BCUT2D eigenvalue weighted by molar-refractivity contribution is 7.99.